The molecule has 2 amide bonds. The van der Waals surface area contributed by atoms with Crippen LogP contribution in [0, 0.1) is 12.3 Å². The first-order valence-electron chi connectivity index (χ1n) is 17.7. The standard InChI is InChI=1S/C40H49N5O7/c1-2-25-48-27-29-50-31-32-51-30-28-49-26-24-45-33-37(42-44-45)40(34-16-8-5-9-17-34,35-18-10-6-11-19-35)52-43-39(47)23-15-4-3-14-22-38(46)41-36-20-12-7-13-21-36/h1,5-13,16-21,33H,3-4,14-15,22-32H2,(H,41,46)(H,43,47). The van der Waals surface area contributed by atoms with E-state index in [4.69, 9.17) is 30.2 Å². The molecule has 0 fully saturated rings. The van der Waals surface area contributed by atoms with Crippen molar-refractivity contribution in [3.05, 3.63) is 114 Å². The highest BCUT2D eigenvalue weighted by Gasteiger charge is 2.42. The molecule has 0 aliphatic heterocycles. The van der Waals surface area contributed by atoms with Crippen LogP contribution in [0.3, 0.4) is 0 Å². The van der Waals surface area contributed by atoms with Crippen molar-refractivity contribution in [2.24, 2.45) is 0 Å². The van der Waals surface area contributed by atoms with E-state index in [0.29, 0.717) is 71.3 Å². The number of carbonyl (C=O) groups excluding carboxylic acids is 2. The van der Waals surface area contributed by atoms with Crippen molar-refractivity contribution >= 4 is 17.5 Å². The zero-order valence-electron chi connectivity index (χ0n) is 29.6. The molecule has 276 valence electrons. The summed E-state index contributed by atoms with van der Waals surface area (Å²) in [5, 5.41) is 11.8. The Morgan fingerprint density at radius 1 is 0.673 bits per heavy atom. The maximum absolute atomic E-state index is 13.1. The number of nitrogens with zero attached hydrogens (tertiary/aromatic N) is 3. The smallest absolute Gasteiger partial charge is 0.243 e. The van der Waals surface area contributed by atoms with Gasteiger partial charge in [0.05, 0.1) is 59.0 Å². The van der Waals surface area contributed by atoms with Crippen molar-refractivity contribution < 1.29 is 33.4 Å². The molecule has 0 aliphatic rings. The van der Waals surface area contributed by atoms with Crippen LogP contribution in [-0.4, -0.2) is 79.7 Å². The SMILES string of the molecule is C#CCOCCOCCOCCOCCn1cc(C(ONC(=O)CCCCCCC(=O)Nc2ccccc2)(c2ccccc2)c2ccccc2)nn1. The van der Waals surface area contributed by atoms with E-state index in [-0.39, 0.29) is 24.8 Å². The third-order valence-electron chi connectivity index (χ3n) is 7.96. The van der Waals surface area contributed by atoms with Crippen LogP contribution in [-0.2, 0) is 45.5 Å². The molecule has 0 spiro atoms. The lowest BCUT2D eigenvalue weighted by atomic mass is 9.84. The Labute approximate surface area is 306 Å². The van der Waals surface area contributed by atoms with Gasteiger partial charge in [-0.3, -0.25) is 14.4 Å². The molecule has 52 heavy (non-hydrogen) atoms. The number of para-hydroxylation sites is 1. The Kier molecular flexibility index (Phi) is 18.1. The van der Waals surface area contributed by atoms with Gasteiger partial charge in [-0.1, -0.05) is 103 Å². The van der Waals surface area contributed by atoms with Gasteiger partial charge < -0.3 is 24.3 Å². The highest BCUT2D eigenvalue weighted by Crippen LogP contribution is 2.38. The van der Waals surface area contributed by atoms with Crippen LogP contribution in [0.2, 0.25) is 0 Å². The van der Waals surface area contributed by atoms with Crippen molar-refractivity contribution in [3.63, 3.8) is 0 Å². The van der Waals surface area contributed by atoms with Gasteiger partial charge >= 0.3 is 0 Å². The second-order valence-corrected chi connectivity index (χ2v) is 11.8. The molecule has 12 nitrogen and oxygen atoms in total. The predicted octanol–water partition coefficient (Wildman–Crippen LogP) is 5.30. The summed E-state index contributed by atoms with van der Waals surface area (Å²) in [4.78, 5) is 31.7. The summed E-state index contributed by atoms with van der Waals surface area (Å²) >= 11 is 0. The summed E-state index contributed by atoms with van der Waals surface area (Å²) in [6.45, 7) is 3.83. The molecule has 0 aliphatic carbocycles. The van der Waals surface area contributed by atoms with Crippen LogP contribution in [0.1, 0.15) is 55.3 Å². The number of rotatable bonds is 26. The zero-order valence-corrected chi connectivity index (χ0v) is 29.6. The Morgan fingerprint density at radius 2 is 1.19 bits per heavy atom. The van der Waals surface area contributed by atoms with E-state index >= 15 is 0 Å². The molecule has 0 saturated carbocycles. The summed E-state index contributed by atoms with van der Waals surface area (Å²) in [6, 6.07) is 28.7. The third kappa shape index (κ3) is 13.7. The summed E-state index contributed by atoms with van der Waals surface area (Å²) in [7, 11) is 0. The highest BCUT2D eigenvalue weighted by molar-refractivity contribution is 5.90. The second-order valence-electron chi connectivity index (χ2n) is 11.8. The highest BCUT2D eigenvalue weighted by atomic mass is 16.7. The minimum atomic E-state index is -1.27. The Bertz CT molecular complexity index is 1570. The van der Waals surface area contributed by atoms with Crippen LogP contribution in [0.5, 0.6) is 0 Å². The van der Waals surface area contributed by atoms with E-state index in [1.54, 1.807) is 4.68 Å². The fourth-order valence-corrected chi connectivity index (χ4v) is 5.35. The number of carbonyl (C=O) groups is 2. The Hall–Kier alpha value is -4.90. The molecular formula is C40H49N5O7. The number of nitrogens with one attached hydrogen (secondary N) is 2. The van der Waals surface area contributed by atoms with Crippen LogP contribution < -0.4 is 10.8 Å². The molecule has 1 aromatic heterocycles. The molecule has 1 heterocycles. The number of unbranched alkanes of at least 4 members (excludes halogenated alkanes) is 3. The maximum atomic E-state index is 13.1. The van der Waals surface area contributed by atoms with Crippen LogP contribution >= 0.6 is 0 Å². The van der Waals surface area contributed by atoms with Crippen LogP contribution in [0.15, 0.2) is 97.2 Å². The number of hydroxylamine groups is 1. The zero-order chi connectivity index (χ0) is 36.5. The number of amides is 2. The number of terminal acetylenes is 1. The van der Waals surface area contributed by atoms with Gasteiger partial charge in [0.15, 0.2) is 5.60 Å². The van der Waals surface area contributed by atoms with E-state index in [1.807, 2.05) is 97.2 Å². The number of benzene rings is 3. The topological polar surface area (TPSA) is 135 Å². The van der Waals surface area contributed by atoms with E-state index in [2.05, 4.69) is 27.0 Å². The molecule has 4 rings (SSSR count). The van der Waals surface area contributed by atoms with Gasteiger partial charge in [0.2, 0.25) is 11.8 Å². The summed E-state index contributed by atoms with van der Waals surface area (Å²) in [5.41, 5.74) is 4.30. The van der Waals surface area contributed by atoms with Gasteiger partial charge in [-0.05, 0) is 36.1 Å². The Morgan fingerprint density at radius 3 is 1.77 bits per heavy atom. The molecule has 4 aromatic rings. The molecule has 0 saturated heterocycles. The van der Waals surface area contributed by atoms with E-state index in [0.717, 1.165) is 36.1 Å². The number of hydrogen-bond acceptors (Lipinski definition) is 9. The molecule has 0 bridgehead atoms. The molecule has 0 unspecified atom stereocenters. The predicted molar refractivity (Wildman–Crippen MR) is 197 cm³/mol. The molecule has 12 heteroatoms. The van der Waals surface area contributed by atoms with Gasteiger partial charge in [0.1, 0.15) is 12.3 Å². The minimum Gasteiger partial charge on any atom is -0.377 e. The number of aromatic nitrogens is 3. The van der Waals surface area contributed by atoms with Crippen molar-refractivity contribution in [1.82, 2.24) is 20.5 Å². The fraction of sp³-hybridized carbons (Fsp3) is 0.400. The van der Waals surface area contributed by atoms with Gasteiger partial charge in [0.25, 0.3) is 0 Å². The van der Waals surface area contributed by atoms with Crippen LogP contribution in [0.4, 0.5) is 5.69 Å². The van der Waals surface area contributed by atoms with Gasteiger partial charge in [-0.2, -0.15) is 0 Å². The summed E-state index contributed by atoms with van der Waals surface area (Å²) in [5.74, 6) is 2.15. The third-order valence-corrected chi connectivity index (χ3v) is 7.96. The molecule has 0 radical (unpaired) electrons. The van der Waals surface area contributed by atoms with Crippen molar-refractivity contribution in [3.8, 4) is 12.3 Å². The lowest BCUT2D eigenvalue weighted by Gasteiger charge is -2.32. The normalized spacial score (nSPS) is 11.2. The fourth-order valence-electron chi connectivity index (χ4n) is 5.35. The minimum absolute atomic E-state index is 0.0114. The maximum Gasteiger partial charge on any atom is 0.243 e. The second kappa shape index (κ2) is 23.6. The van der Waals surface area contributed by atoms with E-state index in [1.165, 1.54) is 0 Å². The molecular weight excluding hydrogens is 662 g/mol. The first kappa shape index (κ1) is 39.9. The lowest BCUT2D eigenvalue weighted by Crippen LogP contribution is -2.40. The monoisotopic (exact) mass is 711 g/mol. The largest absolute Gasteiger partial charge is 0.377 e. The molecule has 2 N–H and O–H groups in total. The molecule has 3 aromatic carbocycles. The quantitative estimate of drug-likeness (QED) is 0.0506. The Balaban J connectivity index is 1.26. The number of hydrogen-bond donors (Lipinski definition) is 2. The van der Waals surface area contributed by atoms with Gasteiger partial charge in [-0.25, -0.2) is 10.2 Å². The van der Waals surface area contributed by atoms with Gasteiger partial charge in [0, 0.05) is 18.5 Å². The molecule has 0 atom stereocenters. The summed E-state index contributed by atoms with van der Waals surface area (Å²) in [6.07, 6.45) is 10.7. The van der Waals surface area contributed by atoms with E-state index in [9.17, 15) is 9.59 Å². The van der Waals surface area contributed by atoms with Crippen molar-refractivity contribution in [2.45, 2.75) is 50.7 Å². The van der Waals surface area contributed by atoms with Crippen molar-refractivity contribution in [1.29, 1.82) is 0 Å². The average Bonchev–Trinajstić information content (AvgIpc) is 3.65. The number of ether oxygens (including phenoxy) is 4. The lowest BCUT2D eigenvalue weighted by molar-refractivity contribution is -0.144. The first-order chi connectivity index (χ1) is 25.6. The van der Waals surface area contributed by atoms with E-state index < -0.39 is 5.60 Å². The average molecular weight is 712 g/mol. The number of anilines is 1. The first-order valence-corrected chi connectivity index (χ1v) is 17.7. The van der Waals surface area contributed by atoms with Gasteiger partial charge in [-0.15, -0.1) is 11.5 Å². The summed E-state index contributed by atoms with van der Waals surface area (Å²) < 4.78 is 23.6. The van der Waals surface area contributed by atoms with Crippen LogP contribution in [0.25, 0.3) is 0 Å². The van der Waals surface area contributed by atoms with Crippen molar-refractivity contribution in [2.75, 3.05) is 58.2 Å².